The first-order valence-electron chi connectivity index (χ1n) is 6.07. The molecule has 1 N–H and O–H groups in total. The van der Waals surface area contributed by atoms with Gasteiger partial charge >= 0.3 is 0 Å². The van der Waals surface area contributed by atoms with E-state index in [0.29, 0.717) is 15.8 Å². The number of amides is 2. The molecule has 1 aromatic heterocycles. The molecule has 6 heteroatoms. The molecule has 0 unspecified atom stereocenters. The van der Waals surface area contributed by atoms with Crippen LogP contribution in [0.5, 0.6) is 0 Å². The minimum atomic E-state index is -0.349. The number of halogens is 1. The largest absolute Gasteiger partial charge is 0.347 e. The maximum absolute atomic E-state index is 13.8. The van der Waals surface area contributed by atoms with Crippen LogP contribution in [0, 0.1) is 12.7 Å². The van der Waals surface area contributed by atoms with Gasteiger partial charge in [0.15, 0.2) is 0 Å². The van der Waals surface area contributed by atoms with E-state index in [1.807, 2.05) is 0 Å². The van der Waals surface area contributed by atoms with Crippen molar-refractivity contribution in [2.45, 2.75) is 6.92 Å². The summed E-state index contributed by atoms with van der Waals surface area (Å²) >= 11 is 1.23. The standard InChI is InChI=1S/C14H15FN2O2S/c1-8-12-9(15)5-4-6-10(12)20-13(8)14(19)16-7-11(18)17(2)3/h4-6H,7H2,1-3H3,(H,16,19). The van der Waals surface area contributed by atoms with Crippen molar-refractivity contribution in [3.63, 3.8) is 0 Å². The number of hydrogen-bond acceptors (Lipinski definition) is 3. The lowest BCUT2D eigenvalue weighted by molar-refractivity contribution is -0.127. The highest BCUT2D eigenvalue weighted by Crippen LogP contribution is 2.32. The van der Waals surface area contributed by atoms with Gasteiger partial charge in [0.25, 0.3) is 5.91 Å². The second kappa shape index (κ2) is 5.58. The van der Waals surface area contributed by atoms with Crippen LogP contribution in [0.3, 0.4) is 0 Å². The van der Waals surface area contributed by atoms with E-state index in [-0.39, 0.29) is 24.2 Å². The molecule has 0 radical (unpaired) electrons. The number of thiophene rings is 1. The van der Waals surface area contributed by atoms with Crippen molar-refractivity contribution in [3.8, 4) is 0 Å². The minimum Gasteiger partial charge on any atom is -0.347 e. The van der Waals surface area contributed by atoms with Crippen LogP contribution < -0.4 is 5.32 Å². The molecule has 0 saturated heterocycles. The van der Waals surface area contributed by atoms with Crippen LogP contribution in [0.4, 0.5) is 4.39 Å². The van der Waals surface area contributed by atoms with Crippen molar-refractivity contribution < 1.29 is 14.0 Å². The monoisotopic (exact) mass is 294 g/mol. The fourth-order valence-electron chi connectivity index (χ4n) is 1.86. The highest BCUT2D eigenvalue weighted by atomic mass is 32.1. The van der Waals surface area contributed by atoms with Gasteiger partial charge in [0.05, 0.1) is 11.4 Å². The Morgan fingerprint density at radius 2 is 2.05 bits per heavy atom. The van der Waals surface area contributed by atoms with Crippen molar-refractivity contribution in [2.75, 3.05) is 20.6 Å². The van der Waals surface area contributed by atoms with Gasteiger partial charge in [0.1, 0.15) is 5.82 Å². The smallest absolute Gasteiger partial charge is 0.262 e. The maximum atomic E-state index is 13.8. The quantitative estimate of drug-likeness (QED) is 0.943. The summed E-state index contributed by atoms with van der Waals surface area (Å²) in [6.07, 6.45) is 0. The third-order valence-corrected chi connectivity index (χ3v) is 4.26. The molecule has 0 atom stereocenters. The summed E-state index contributed by atoms with van der Waals surface area (Å²) in [7, 11) is 3.24. The molecule has 0 aliphatic rings. The molecular weight excluding hydrogens is 279 g/mol. The zero-order chi connectivity index (χ0) is 14.9. The van der Waals surface area contributed by atoms with E-state index in [1.165, 1.54) is 22.3 Å². The van der Waals surface area contributed by atoms with Gasteiger partial charge in [-0.1, -0.05) is 6.07 Å². The van der Waals surface area contributed by atoms with Crippen LogP contribution in [0.1, 0.15) is 15.2 Å². The normalized spacial score (nSPS) is 10.6. The van der Waals surface area contributed by atoms with Crippen LogP contribution in [0.2, 0.25) is 0 Å². The van der Waals surface area contributed by atoms with Crippen molar-refractivity contribution in [3.05, 3.63) is 34.5 Å². The number of hydrogen-bond donors (Lipinski definition) is 1. The number of carbonyl (C=O) groups is 2. The van der Waals surface area contributed by atoms with Gasteiger partial charge in [-0.25, -0.2) is 4.39 Å². The summed E-state index contributed by atoms with van der Waals surface area (Å²) in [5.74, 6) is -0.874. The Balaban J connectivity index is 2.25. The molecule has 0 aliphatic carbocycles. The van der Waals surface area contributed by atoms with Crippen molar-refractivity contribution in [2.24, 2.45) is 0 Å². The van der Waals surface area contributed by atoms with Gasteiger partial charge in [0.2, 0.25) is 5.91 Å². The highest BCUT2D eigenvalue weighted by Gasteiger charge is 2.18. The Hall–Kier alpha value is -1.95. The number of nitrogens with zero attached hydrogens (tertiary/aromatic N) is 1. The minimum absolute atomic E-state index is 0.0675. The lowest BCUT2D eigenvalue weighted by atomic mass is 10.1. The van der Waals surface area contributed by atoms with E-state index in [2.05, 4.69) is 5.32 Å². The number of nitrogens with one attached hydrogen (secondary N) is 1. The van der Waals surface area contributed by atoms with Crippen LogP contribution in [0.25, 0.3) is 10.1 Å². The lowest BCUT2D eigenvalue weighted by Crippen LogP contribution is -2.36. The number of rotatable bonds is 3. The maximum Gasteiger partial charge on any atom is 0.262 e. The number of fused-ring (bicyclic) bond motifs is 1. The number of aryl methyl sites for hydroxylation is 1. The fourth-order valence-corrected chi connectivity index (χ4v) is 3.00. The van der Waals surface area contributed by atoms with Gasteiger partial charge in [-0.3, -0.25) is 9.59 Å². The molecule has 1 aromatic carbocycles. The Morgan fingerprint density at radius 3 is 2.65 bits per heavy atom. The van der Waals surface area contributed by atoms with Gasteiger partial charge in [-0.15, -0.1) is 11.3 Å². The number of carbonyl (C=O) groups excluding carboxylic acids is 2. The Bertz CT molecular complexity index is 679. The number of likely N-dealkylation sites (N-methyl/N-ethyl adjacent to an activating group) is 1. The van der Waals surface area contributed by atoms with Crippen molar-refractivity contribution >= 4 is 33.2 Å². The van der Waals surface area contributed by atoms with Crippen LogP contribution in [-0.4, -0.2) is 37.4 Å². The average molecular weight is 294 g/mol. The molecule has 0 aliphatic heterocycles. The first-order chi connectivity index (χ1) is 9.41. The summed E-state index contributed by atoms with van der Waals surface area (Å²) in [4.78, 5) is 25.4. The third kappa shape index (κ3) is 2.65. The van der Waals surface area contributed by atoms with Gasteiger partial charge < -0.3 is 10.2 Å². The second-order valence-corrected chi connectivity index (χ2v) is 5.69. The van der Waals surface area contributed by atoms with E-state index in [0.717, 1.165) is 4.70 Å². The molecule has 106 valence electrons. The zero-order valence-corrected chi connectivity index (χ0v) is 12.3. The van der Waals surface area contributed by atoms with E-state index in [9.17, 15) is 14.0 Å². The van der Waals surface area contributed by atoms with Gasteiger partial charge in [-0.2, -0.15) is 0 Å². The van der Waals surface area contributed by atoms with Gasteiger partial charge in [0, 0.05) is 24.2 Å². The molecule has 0 bridgehead atoms. The van der Waals surface area contributed by atoms with E-state index in [4.69, 9.17) is 0 Å². The molecule has 4 nitrogen and oxygen atoms in total. The molecule has 0 fully saturated rings. The van der Waals surface area contributed by atoms with E-state index in [1.54, 1.807) is 33.2 Å². The second-order valence-electron chi connectivity index (χ2n) is 4.64. The van der Waals surface area contributed by atoms with Crippen molar-refractivity contribution in [1.82, 2.24) is 10.2 Å². The molecule has 2 aromatic rings. The topological polar surface area (TPSA) is 49.4 Å². The highest BCUT2D eigenvalue weighted by molar-refractivity contribution is 7.21. The van der Waals surface area contributed by atoms with E-state index < -0.39 is 0 Å². The first-order valence-corrected chi connectivity index (χ1v) is 6.89. The molecule has 1 heterocycles. The predicted octanol–water partition coefficient (Wildman–Crippen LogP) is 2.17. The van der Waals surface area contributed by atoms with Gasteiger partial charge in [-0.05, 0) is 24.6 Å². The molecule has 0 spiro atoms. The zero-order valence-electron chi connectivity index (χ0n) is 11.5. The molecular formula is C14H15FN2O2S. The molecule has 2 rings (SSSR count). The Morgan fingerprint density at radius 1 is 1.35 bits per heavy atom. The fraction of sp³-hybridized carbons (Fsp3) is 0.286. The average Bonchev–Trinajstić information content (AvgIpc) is 2.74. The first kappa shape index (κ1) is 14.5. The van der Waals surface area contributed by atoms with Crippen LogP contribution in [0.15, 0.2) is 18.2 Å². The van der Waals surface area contributed by atoms with E-state index >= 15 is 0 Å². The van der Waals surface area contributed by atoms with Crippen molar-refractivity contribution in [1.29, 1.82) is 0 Å². The summed E-state index contributed by atoms with van der Waals surface area (Å²) < 4.78 is 14.5. The Labute approximate surface area is 120 Å². The summed E-state index contributed by atoms with van der Waals surface area (Å²) in [5, 5.41) is 3.03. The predicted molar refractivity (Wildman–Crippen MR) is 77.5 cm³/mol. The summed E-state index contributed by atoms with van der Waals surface area (Å²) in [6.45, 7) is 1.65. The lowest BCUT2D eigenvalue weighted by Gasteiger charge is -2.10. The van der Waals surface area contributed by atoms with Crippen LogP contribution in [-0.2, 0) is 4.79 Å². The third-order valence-electron chi connectivity index (χ3n) is 3.01. The van der Waals surface area contributed by atoms with Crippen LogP contribution >= 0.6 is 11.3 Å². The number of benzene rings is 1. The Kier molecular flexibility index (Phi) is 4.04. The SMILES string of the molecule is Cc1c(C(=O)NCC(=O)N(C)C)sc2cccc(F)c12. The summed E-state index contributed by atoms with van der Waals surface area (Å²) in [6, 6.07) is 4.77. The molecule has 20 heavy (non-hydrogen) atoms. The summed E-state index contributed by atoms with van der Waals surface area (Å²) in [5.41, 5.74) is 0.609. The molecule has 2 amide bonds. The molecule has 0 saturated carbocycles.